The molecule has 0 aromatic heterocycles. The van der Waals surface area contributed by atoms with Gasteiger partial charge in [-0.3, -0.25) is 4.79 Å². The van der Waals surface area contributed by atoms with Crippen LogP contribution in [-0.4, -0.2) is 39.6 Å². The van der Waals surface area contributed by atoms with Crippen LogP contribution in [0, 0.1) is 0 Å². The van der Waals surface area contributed by atoms with E-state index < -0.39 is 6.29 Å². The number of hydrogen-bond acceptors (Lipinski definition) is 4. The van der Waals surface area contributed by atoms with Gasteiger partial charge in [-0.05, 0) is 41.1 Å². The standard InChI is InChI=1S/C13H18BrNO4/c1-4-19-12(18-3)8-15-13(16)9-5-6-10(14)11(7-9)17-2/h5-7,12H,4,8H2,1-3H3,(H,15,16). The molecule has 1 rings (SSSR count). The fourth-order valence-electron chi connectivity index (χ4n) is 1.48. The molecular weight excluding hydrogens is 314 g/mol. The summed E-state index contributed by atoms with van der Waals surface area (Å²) in [6.07, 6.45) is -0.439. The van der Waals surface area contributed by atoms with Crippen LogP contribution in [0.15, 0.2) is 22.7 Å². The van der Waals surface area contributed by atoms with Crippen LogP contribution in [0.1, 0.15) is 17.3 Å². The van der Waals surface area contributed by atoms with Gasteiger partial charge in [-0.1, -0.05) is 0 Å². The molecule has 6 heteroatoms. The minimum atomic E-state index is -0.439. The summed E-state index contributed by atoms with van der Waals surface area (Å²) in [4.78, 5) is 12.0. The SMILES string of the molecule is CCOC(CNC(=O)c1ccc(Br)c(OC)c1)OC. The highest BCUT2D eigenvalue weighted by Crippen LogP contribution is 2.25. The average molecular weight is 332 g/mol. The number of ether oxygens (including phenoxy) is 3. The molecule has 0 aliphatic carbocycles. The van der Waals surface area contributed by atoms with Crippen molar-refractivity contribution in [2.75, 3.05) is 27.4 Å². The molecule has 1 aromatic rings. The summed E-state index contributed by atoms with van der Waals surface area (Å²) in [5, 5.41) is 2.75. The number of methoxy groups -OCH3 is 2. The highest BCUT2D eigenvalue weighted by Gasteiger charge is 2.12. The van der Waals surface area contributed by atoms with Crippen molar-refractivity contribution < 1.29 is 19.0 Å². The van der Waals surface area contributed by atoms with E-state index in [0.717, 1.165) is 4.47 Å². The van der Waals surface area contributed by atoms with Gasteiger partial charge in [-0.15, -0.1) is 0 Å². The van der Waals surface area contributed by atoms with Gasteiger partial charge < -0.3 is 19.5 Å². The van der Waals surface area contributed by atoms with Crippen molar-refractivity contribution in [3.63, 3.8) is 0 Å². The maximum Gasteiger partial charge on any atom is 0.251 e. The number of carbonyl (C=O) groups is 1. The van der Waals surface area contributed by atoms with Crippen LogP contribution in [0.2, 0.25) is 0 Å². The minimum Gasteiger partial charge on any atom is -0.496 e. The first-order chi connectivity index (χ1) is 9.12. The topological polar surface area (TPSA) is 56.8 Å². The van der Waals surface area contributed by atoms with Crippen molar-refractivity contribution in [1.82, 2.24) is 5.32 Å². The summed E-state index contributed by atoms with van der Waals surface area (Å²) >= 11 is 3.34. The van der Waals surface area contributed by atoms with E-state index in [9.17, 15) is 4.79 Å². The zero-order valence-corrected chi connectivity index (χ0v) is 12.8. The van der Waals surface area contributed by atoms with Crippen molar-refractivity contribution in [3.05, 3.63) is 28.2 Å². The Hall–Kier alpha value is -1.11. The maximum atomic E-state index is 12.0. The quantitative estimate of drug-likeness (QED) is 0.778. The third-order valence-electron chi connectivity index (χ3n) is 2.46. The van der Waals surface area contributed by atoms with E-state index in [1.54, 1.807) is 25.3 Å². The first-order valence-corrected chi connectivity index (χ1v) is 6.67. The van der Waals surface area contributed by atoms with Crippen molar-refractivity contribution in [1.29, 1.82) is 0 Å². The predicted octanol–water partition coefficient (Wildman–Crippen LogP) is 2.20. The predicted molar refractivity (Wildman–Crippen MR) is 75.5 cm³/mol. The Morgan fingerprint density at radius 1 is 1.42 bits per heavy atom. The molecule has 0 heterocycles. The second kappa shape index (κ2) is 8.14. The highest BCUT2D eigenvalue weighted by atomic mass is 79.9. The van der Waals surface area contributed by atoms with E-state index in [0.29, 0.717) is 24.5 Å². The fraction of sp³-hybridized carbons (Fsp3) is 0.462. The van der Waals surface area contributed by atoms with Crippen LogP contribution in [0.5, 0.6) is 5.75 Å². The average Bonchev–Trinajstić information content (AvgIpc) is 2.43. The van der Waals surface area contributed by atoms with Gasteiger partial charge in [0.1, 0.15) is 5.75 Å². The Morgan fingerprint density at radius 2 is 2.16 bits per heavy atom. The van der Waals surface area contributed by atoms with Crippen molar-refractivity contribution in [2.24, 2.45) is 0 Å². The Labute approximate surface area is 121 Å². The van der Waals surface area contributed by atoms with E-state index in [1.165, 1.54) is 7.11 Å². The summed E-state index contributed by atoms with van der Waals surface area (Å²) < 4.78 is 16.3. The van der Waals surface area contributed by atoms with Crippen LogP contribution in [0.4, 0.5) is 0 Å². The van der Waals surface area contributed by atoms with E-state index in [2.05, 4.69) is 21.2 Å². The molecule has 5 nitrogen and oxygen atoms in total. The van der Waals surface area contributed by atoms with Crippen LogP contribution < -0.4 is 10.1 Å². The van der Waals surface area contributed by atoms with Gasteiger partial charge in [0.05, 0.1) is 18.1 Å². The van der Waals surface area contributed by atoms with E-state index in [1.807, 2.05) is 6.92 Å². The van der Waals surface area contributed by atoms with Gasteiger partial charge in [0, 0.05) is 19.3 Å². The maximum absolute atomic E-state index is 12.0. The highest BCUT2D eigenvalue weighted by molar-refractivity contribution is 9.10. The molecular formula is C13H18BrNO4. The number of rotatable bonds is 7. The molecule has 0 spiro atoms. The van der Waals surface area contributed by atoms with Gasteiger partial charge in [0.2, 0.25) is 0 Å². The molecule has 1 N–H and O–H groups in total. The monoisotopic (exact) mass is 331 g/mol. The summed E-state index contributed by atoms with van der Waals surface area (Å²) in [6.45, 7) is 2.69. The molecule has 0 bridgehead atoms. The largest absolute Gasteiger partial charge is 0.496 e. The third kappa shape index (κ3) is 4.81. The first-order valence-electron chi connectivity index (χ1n) is 5.88. The van der Waals surface area contributed by atoms with Gasteiger partial charge in [0.25, 0.3) is 5.91 Å². The molecule has 0 fully saturated rings. The van der Waals surface area contributed by atoms with E-state index in [-0.39, 0.29) is 5.91 Å². The van der Waals surface area contributed by atoms with Crippen LogP contribution >= 0.6 is 15.9 Å². The smallest absolute Gasteiger partial charge is 0.251 e. The number of hydrogen-bond donors (Lipinski definition) is 1. The molecule has 1 atom stereocenters. The number of halogens is 1. The first kappa shape index (κ1) is 15.9. The number of benzene rings is 1. The van der Waals surface area contributed by atoms with Crippen molar-refractivity contribution in [2.45, 2.75) is 13.2 Å². The lowest BCUT2D eigenvalue weighted by atomic mass is 10.2. The van der Waals surface area contributed by atoms with Crippen LogP contribution in [0.25, 0.3) is 0 Å². The third-order valence-corrected chi connectivity index (χ3v) is 3.11. The summed E-state index contributed by atoms with van der Waals surface area (Å²) in [5.74, 6) is 0.410. The van der Waals surface area contributed by atoms with Gasteiger partial charge in [-0.25, -0.2) is 0 Å². The van der Waals surface area contributed by atoms with Gasteiger partial charge in [0.15, 0.2) is 6.29 Å². The lowest BCUT2D eigenvalue weighted by Crippen LogP contribution is -2.34. The molecule has 0 saturated heterocycles. The second-order valence-electron chi connectivity index (χ2n) is 3.68. The van der Waals surface area contributed by atoms with Crippen molar-refractivity contribution >= 4 is 21.8 Å². The molecule has 19 heavy (non-hydrogen) atoms. The lowest BCUT2D eigenvalue weighted by Gasteiger charge is -2.16. The summed E-state index contributed by atoms with van der Waals surface area (Å²) in [7, 11) is 3.09. The Balaban J connectivity index is 2.62. The molecule has 0 aliphatic heterocycles. The molecule has 0 saturated carbocycles. The van der Waals surface area contributed by atoms with E-state index in [4.69, 9.17) is 14.2 Å². The molecule has 1 amide bonds. The Morgan fingerprint density at radius 3 is 2.74 bits per heavy atom. The molecule has 0 radical (unpaired) electrons. The fourth-order valence-corrected chi connectivity index (χ4v) is 1.88. The molecule has 106 valence electrons. The normalized spacial score (nSPS) is 12.0. The van der Waals surface area contributed by atoms with Gasteiger partial charge >= 0.3 is 0 Å². The summed E-state index contributed by atoms with van der Waals surface area (Å²) in [6, 6.07) is 5.15. The number of carbonyl (C=O) groups excluding carboxylic acids is 1. The van der Waals surface area contributed by atoms with Crippen LogP contribution in [0.3, 0.4) is 0 Å². The molecule has 1 aromatic carbocycles. The number of amides is 1. The number of nitrogens with one attached hydrogen (secondary N) is 1. The molecule has 0 aliphatic rings. The second-order valence-corrected chi connectivity index (χ2v) is 4.53. The van der Waals surface area contributed by atoms with Crippen molar-refractivity contribution in [3.8, 4) is 5.75 Å². The van der Waals surface area contributed by atoms with Gasteiger partial charge in [-0.2, -0.15) is 0 Å². The van der Waals surface area contributed by atoms with E-state index >= 15 is 0 Å². The zero-order chi connectivity index (χ0) is 14.3. The van der Waals surface area contributed by atoms with Crippen LogP contribution in [-0.2, 0) is 9.47 Å². The minimum absolute atomic E-state index is 0.201. The Kier molecular flexibility index (Phi) is 6.83. The lowest BCUT2D eigenvalue weighted by molar-refractivity contribution is -0.115. The molecule has 1 unspecified atom stereocenters. The Bertz CT molecular complexity index is 425. The zero-order valence-electron chi connectivity index (χ0n) is 11.2. The summed E-state index contributed by atoms with van der Waals surface area (Å²) in [5.41, 5.74) is 0.520.